The topological polar surface area (TPSA) is 104 Å². The SMILES string of the molecule is CCN.CCN.CCN.CCN.I.I.I.I. The van der Waals surface area contributed by atoms with Crippen molar-refractivity contribution in [1.29, 1.82) is 0 Å². The molecule has 0 aromatic rings. The van der Waals surface area contributed by atoms with Gasteiger partial charge in [0.05, 0.1) is 0 Å². The zero-order valence-electron chi connectivity index (χ0n) is 10.8. The zero-order chi connectivity index (χ0) is 10.8. The molecule has 0 saturated heterocycles. The first-order valence-electron chi connectivity index (χ1n) is 4.46. The van der Waals surface area contributed by atoms with Gasteiger partial charge in [0.25, 0.3) is 0 Å². The van der Waals surface area contributed by atoms with Gasteiger partial charge in [0.2, 0.25) is 0 Å². The van der Waals surface area contributed by atoms with Crippen molar-refractivity contribution in [2.24, 2.45) is 22.9 Å². The third kappa shape index (κ3) is 546. The largest absolute Gasteiger partial charge is 0.331 e. The summed E-state index contributed by atoms with van der Waals surface area (Å²) in [5, 5.41) is 0. The summed E-state index contributed by atoms with van der Waals surface area (Å²) in [7, 11) is 0. The highest BCUT2D eigenvalue weighted by atomic mass is 127. The van der Waals surface area contributed by atoms with Gasteiger partial charge in [0.15, 0.2) is 0 Å². The van der Waals surface area contributed by atoms with E-state index in [2.05, 4.69) is 0 Å². The van der Waals surface area contributed by atoms with Crippen LogP contribution in [0.3, 0.4) is 0 Å². The van der Waals surface area contributed by atoms with Crippen molar-refractivity contribution in [3.8, 4) is 0 Å². The predicted octanol–water partition coefficient (Wildman–Crippen LogP) is 2.33. The lowest BCUT2D eigenvalue weighted by Crippen LogP contribution is -1.87. The molecule has 0 radical (unpaired) electrons. The lowest BCUT2D eigenvalue weighted by molar-refractivity contribution is 1.14. The summed E-state index contributed by atoms with van der Waals surface area (Å²) in [6, 6.07) is 0. The van der Waals surface area contributed by atoms with Crippen molar-refractivity contribution in [2.75, 3.05) is 26.2 Å². The monoisotopic (exact) mass is 692 g/mol. The summed E-state index contributed by atoms with van der Waals surface area (Å²) in [5.41, 5.74) is 19.4. The highest BCUT2D eigenvalue weighted by molar-refractivity contribution is 14.0. The van der Waals surface area contributed by atoms with Crippen LogP contribution in [0.15, 0.2) is 0 Å². The van der Waals surface area contributed by atoms with E-state index in [0.717, 1.165) is 26.2 Å². The molecule has 0 fully saturated rings. The summed E-state index contributed by atoms with van der Waals surface area (Å²) < 4.78 is 0. The van der Waals surface area contributed by atoms with E-state index in [1.54, 1.807) is 0 Å². The summed E-state index contributed by atoms with van der Waals surface area (Å²) in [5.74, 6) is 0. The average Bonchev–Trinajstić information content (AvgIpc) is 1.92. The summed E-state index contributed by atoms with van der Waals surface area (Å²) in [6.45, 7) is 10.6. The molecule has 0 aromatic carbocycles. The molecule has 0 saturated carbocycles. The molecule has 4 nitrogen and oxygen atoms in total. The van der Waals surface area contributed by atoms with Gasteiger partial charge >= 0.3 is 0 Å². The minimum Gasteiger partial charge on any atom is -0.331 e. The maximum Gasteiger partial charge on any atom is -0.0106 e. The van der Waals surface area contributed by atoms with Gasteiger partial charge < -0.3 is 22.9 Å². The van der Waals surface area contributed by atoms with Crippen LogP contribution in [0.4, 0.5) is 0 Å². The van der Waals surface area contributed by atoms with Crippen molar-refractivity contribution < 1.29 is 0 Å². The molecule has 0 aliphatic carbocycles. The number of halogens is 4. The molecule has 8 N–H and O–H groups in total. The second-order valence-corrected chi connectivity index (χ2v) is 1.63. The minimum atomic E-state index is 0. The molecule has 16 heavy (non-hydrogen) atoms. The number of rotatable bonds is 0. The zero-order valence-corrected chi connectivity index (χ0v) is 20.1. The maximum atomic E-state index is 4.85. The smallest absolute Gasteiger partial charge is 0.0106 e. The molecular formula is C8H32I4N4. The molecule has 0 heterocycles. The maximum absolute atomic E-state index is 4.85. The first-order chi connectivity index (χ1) is 5.66. The number of hydrogen-bond acceptors (Lipinski definition) is 4. The van der Waals surface area contributed by atoms with Crippen LogP contribution in [0.5, 0.6) is 0 Å². The van der Waals surface area contributed by atoms with Crippen LogP contribution in [0, 0.1) is 0 Å². The number of nitrogens with two attached hydrogens (primary N) is 4. The van der Waals surface area contributed by atoms with Crippen LogP contribution >= 0.6 is 95.9 Å². The molecule has 112 valence electrons. The second-order valence-electron chi connectivity index (χ2n) is 1.63. The van der Waals surface area contributed by atoms with E-state index in [1.165, 1.54) is 0 Å². The highest BCUT2D eigenvalue weighted by Crippen LogP contribution is 1.21. The fourth-order valence-electron chi connectivity index (χ4n) is 0. The predicted molar refractivity (Wildman–Crippen MR) is 121 cm³/mol. The van der Waals surface area contributed by atoms with E-state index in [0.29, 0.717) is 0 Å². The van der Waals surface area contributed by atoms with E-state index < -0.39 is 0 Å². The quantitative estimate of drug-likeness (QED) is 0.293. The Hall–Kier alpha value is 2.76. The molecule has 0 aromatic heterocycles. The molecule has 0 aliphatic heterocycles. The van der Waals surface area contributed by atoms with Crippen LogP contribution in [0.1, 0.15) is 27.7 Å². The van der Waals surface area contributed by atoms with Gasteiger partial charge in [-0.2, -0.15) is 0 Å². The molecule has 0 bridgehead atoms. The van der Waals surface area contributed by atoms with Crippen molar-refractivity contribution in [1.82, 2.24) is 0 Å². The molecule has 0 amide bonds. The van der Waals surface area contributed by atoms with Crippen molar-refractivity contribution in [3.05, 3.63) is 0 Å². The summed E-state index contributed by atoms with van der Waals surface area (Å²) in [4.78, 5) is 0. The van der Waals surface area contributed by atoms with Crippen LogP contribution in [-0.4, -0.2) is 26.2 Å². The lowest BCUT2D eigenvalue weighted by atomic mass is 10.8. The average molecular weight is 692 g/mol. The van der Waals surface area contributed by atoms with Crippen LogP contribution < -0.4 is 22.9 Å². The van der Waals surface area contributed by atoms with Crippen LogP contribution in [0.2, 0.25) is 0 Å². The summed E-state index contributed by atoms with van der Waals surface area (Å²) >= 11 is 0. The Labute approximate surface area is 170 Å². The Kier molecular flexibility index (Phi) is 349. The van der Waals surface area contributed by atoms with Gasteiger partial charge in [-0.05, 0) is 26.2 Å². The molecule has 0 spiro atoms. The molecule has 0 aliphatic rings. The van der Waals surface area contributed by atoms with E-state index in [4.69, 9.17) is 22.9 Å². The Bertz CT molecular complexity index is 32.0. The normalized spacial score (nSPS) is 4.50. The summed E-state index contributed by atoms with van der Waals surface area (Å²) in [6.07, 6.45) is 0. The third-order valence-corrected chi connectivity index (χ3v) is 0. The van der Waals surface area contributed by atoms with Gasteiger partial charge in [-0.25, -0.2) is 0 Å². The Morgan fingerprint density at radius 3 is 0.438 bits per heavy atom. The Morgan fingerprint density at radius 2 is 0.438 bits per heavy atom. The molecule has 0 unspecified atom stereocenters. The van der Waals surface area contributed by atoms with E-state index in [1.807, 2.05) is 27.7 Å². The van der Waals surface area contributed by atoms with Crippen LogP contribution in [-0.2, 0) is 0 Å². The third-order valence-electron chi connectivity index (χ3n) is 0. The van der Waals surface area contributed by atoms with Gasteiger partial charge in [-0.15, -0.1) is 95.9 Å². The van der Waals surface area contributed by atoms with Crippen molar-refractivity contribution in [3.63, 3.8) is 0 Å². The number of hydrogen-bond donors (Lipinski definition) is 4. The molecule has 8 heteroatoms. The van der Waals surface area contributed by atoms with Gasteiger partial charge in [-0.1, -0.05) is 27.7 Å². The molecule has 0 atom stereocenters. The first-order valence-corrected chi connectivity index (χ1v) is 4.46. The first kappa shape index (κ1) is 51.1. The minimum absolute atomic E-state index is 0. The van der Waals surface area contributed by atoms with Gasteiger partial charge in [-0.3, -0.25) is 0 Å². The Morgan fingerprint density at radius 1 is 0.438 bits per heavy atom. The molecular weight excluding hydrogens is 660 g/mol. The van der Waals surface area contributed by atoms with Gasteiger partial charge in [0.1, 0.15) is 0 Å². The fourth-order valence-corrected chi connectivity index (χ4v) is 0. The second kappa shape index (κ2) is 109. The van der Waals surface area contributed by atoms with E-state index in [-0.39, 0.29) is 95.9 Å². The van der Waals surface area contributed by atoms with Crippen molar-refractivity contribution >= 4 is 95.9 Å². The standard InChI is InChI=1S/4C2H7N.4HI/c4*1-2-3;;;;/h4*2-3H2,1H3;4*1H. The lowest BCUT2D eigenvalue weighted by Gasteiger charge is -1.53. The highest BCUT2D eigenvalue weighted by Gasteiger charge is 1.33. The van der Waals surface area contributed by atoms with Gasteiger partial charge in [0, 0.05) is 0 Å². The fraction of sp³-hybridized carbons (Fsp3) is 1.00. The van der Waals surface area contributed by atoms with E-state index >= 15 is 0 Å². The van der Waals surface area contributed by atoms with E-state index in [9.17, 15) is 0 Å². The van der Waals surface area contributed by atoms with Crippen LogP contribution in [0.25, 0.3) is 0 Å². The van der Waals surface area contributed by atoms with Crippen molar-refractivity contribution in [2.45, 2.75) is 27.7 Å². The Balaban J connectivity index is -0.00000000821. The molecule has 0 rings (SSSR count).